The van der Waals surface area contributed by atoms with Crippen molar-refractivity contribution in [3.8, 4) is 11.5 Å². The second-order valence-corrected chi connectivity index (χ2v) is 14.7. The zero-order valence-corrected chi connectivity index (χ0v) is 23.8. The Kier molecular flexibility index (Phi) is 6.20. The first-order valence-electron chi connectivity index (χ1n) is 15.3. The van der Waals surface area contributed by atoms with Gasteiger partial charge >= 0.3 is 0 Å². The van der Waals surface area contributed by atoms with Crippen LogP contribution in [0.5, 0.6) is 11.5 Å². The van der Waals surface area contributed by atoms with Crippen LogP contribution < -0.4 is 0 Å². The molecular formula is C35H48O2. The van der Waals surface area contributed by atoms with Crippen LogP contribution in [0.3, 0.4) is 0 Å². The first kappa shape index (κ1) is 25.3. The quantitative estimate of drug-likeness (QED) is 0.440. The molecule has 4 aliphatic rings. The van der Waals surface area contributed by atoms with E-state index in [-0.39, 0.29) is 16.2 Å². The number of hydrogen-bond acceptors (Lipinski definition) is 2. The highest BCUT2D eigenvalue weighted by Crippen LogP contribution is 2.64. The van der Waals surface area contributed by atoms with Crippen LogP contribution in [0.2, 0.25) is 0 Å². The lowest BCUT2D eigenvalue weighted by molar-refractivity contribution is 0.348. The van der Waals surface area contributed by atoms with Crippen molar-refractivity contribution >= 4 is 0 Å². The number of fused-ring (bicyclic) bond motifs is 4. The highest BCUT2D eigenvalue weighted by atomic mass is 16.3. The van der Waals surface area contributed by atoms with E-state index in [0.717, 1.165) is 36.8 Å². The molecule has 2 aromatic rings. The Hall–Kier alpha value is -1.96. The van der Waals surface area contributed by atoms with Crippen LogP contribution in [0.15, 0.2) is 24.3 Å². The average molecular weight is 501 g/mol. The fourth-order valence-corrected chi connectivity index (χ4v) is 9.20. The number of rotatable bonds is 4. The number of benzene rings is 2. The second kappa shape index (κ2) is 9.06. The Morgan fingerprint density at radius 1 is 0.568 bits per heavy atom. The van der Waals surface area contributed by atoms with Gasteiger partial charge in [-0.15, -0.1) is 0 Å². The van der Waals surface area contributed by atoms with E-state index in [0.29, 0.717) is 23.3 Å². The monoisotopic (exact) mass is 500 g/mol. The van der Waals surface area contributed by atoms with Crippen molar-refractivity contribution in [1.29, 1.82) is 0 Å². The van der Waals surface area contributed by atoms with Crippen molar-refractivity contribution in [2.24, 2.45) is 11.8 Å². The molecule has 2 saturated carbocycles. The maximum absolute atomic E-state index is 11.3. The van der Waals surface area contributed by atoms with Crippen molar-refractivity contribution in [2.45, 2.75) is 134 Å². The summed E-state index contributed by atoms with van der Waals surface area (Å²) in [5.74, 6) is 2.40. The molecule has 2 fully saturated rings. The van der Waals surface area contributed by atoms with Gasteiger partial charge < -0.3 is 10.2 Å². The molecular weight excluding hydrogens is 452 g/mol. The summed E-state index contributed by atoms with van der Waals surface area (Å²) >= 11 is 0. The van der Waals surface area contributed by atoms with Crippen molar-refractivity contribution in [3.63, 3.8) is 0 Å². The van der Waals surface area contributed by atoms with Gasteiger partial charge in [0.15, 0.2) is 0 Å². The van der Waals surface area contributed by atoms with E-state index in [4.69, 9.17) is 0 Å². The van der Waals surface area contributed by atoms with E-state index in [1.807, 2.05) is 0 Å². The molecule has 200 valence electrons. The molecule has 0 aromatic heterocycles. The molecule has 0 unspecified atom stereocenters. The number of phenols is 2. The van der Waals surface area contributed by atoms with E-state index in [2.05, 4.69) is 52.0 Å². The lowest BCUT2D eigenvalue weighted by Crippen LogP contribution is -2.26. The molecule has 4 aliphatic carbocycles. The van der Waals surface area contributed by atoms with Crippen LogP contribution in [-0.2, 0) is 29.1 Å². The summed E-state index contributed by atoms with van der Waals surface area (Å²) in [4.78, 5) is 0. The Labute approximate surface area is 224 Å². The summed E-state index contributed by atoms with van der Waals surface area (Å²) in [7, 11) is 0. The van der Waals surface area contributed by atoms with Gasteiger partial charge in [-0.2, -0.15) is 0 Å². The molecule has 1 spiro atoms. The molecule has 0 radical (unpaired) electrons. The van der Waals surface area contributed by atoms with Gasteiger partial charge in [-0.3, -0.25) is 0 Å². The standard InChI is InChI=1S/C35H48O2/c1-33(2)21-35(29-19-31(36)25(17-27(29)33)15-23-11-7-5-8-12-23)22-34(3,4)28-18-26(32(37)20-30(28)35)16-24-13-9-6-10-14-24/h17-20,23-24,36-37H,5-16,21-22H2,1-4H3. The summed E-state index contributed by atoms with van der Waals surface area (Å²) in [6, 6.07) is 9.02. The fourth-order valence-electron chi connectivity index (χ4n) is 9.20. The van der Waals surface area contributed by atoms with E-state index < -0.39 is 0 Å². The van der Waals surface area contributed by atoms with Gasteiger partial charge in [0.1, 0.15) is 11.5 Å². The van der Waals surface area contributed by atoms with Crippen molar-refractivity contribution < 1.29 is 10.2 Å². The fraction of sp³-hybridized carbons (Fsp3) is 0.657. The maximum Gasteiger partial charge on any atom is 0.119 e. The zero-order chi connectivity index (χ0) is 26.0. The van der Waals surface area contributed by atoms with Crippen LogP contribution in [0.4, 0.5) is 0 Å². The van der Waals surface area contributed by atoms with E-state index in [1.54, 1.807) is 0 Å². The molecule has 0 amide bonds. The summed E-state index contributed by atoms with van der Waals surface area (Å²) < 4.78 is 0. The number of aromatic hydroxyl groups is 2. The maximum atomic E-state index is 11.3. The highest BCUT2D eigenvalue weighted by Gasteiger charge is 2.56. The summed E-state index contributed by atoms with van der Waals surface area (Å²) in [6.07, 6.45) is 17.4. The Balaban J connectivity index is 1.40. The number of phenolic OH excluding ortho intramolecular Hbond substituents is 2. The van der Waals surface area contributed by atoms with E-state index >= 15 is 0 Å². The van der Waals surface area contributed by atoms with Gasteiger partial charge in [-0.1, -0.05) is 104 Å². The number of hydrogen-bond donors (Lipinski definition) is 2. The molecule has 2 N–H and O–H groups in total. The molecule has 0 saturated heterocycles. The minimum absolute atomic E-state index is 0.0401. The van der Waals surface area contributed by atoms with Crippen LogP contribution in [0.1, 0.15) is 138 Å². The summed E-state index contributed by atoms with van der Waals surface area (Å²) in [5.41, 5.74) is 7.71. The molecule has 0 atom stereocenters. The third-order valence-corrected chi connectivity index (χ3v) is 10.9. The lowest BCUT2D eigenvalue weighted by Gasteiger charge is -2.30. The van der Waals surface area contributed by atoms with E-state index in [1.165, 1.54) is 86.5 Å². The average Bonchev–Trinajstić information content (AvgIpc) is 3.20. The first-order valence-corrected chi connectivity index (χ1v) is 15.3. The largest absolute Gasteiger partial charge is 0.508 e. The van der Waals surface area contributed by atoms with Gasteiger partial charge in [0, 0.05) is 5.41 Å². The van der Waals surface area contributed by atoms with Gasteiger partial charge in [-0.25, -0.2) is 0 Å². The molecule has 2 heteroatoms. The third kappa shape index (κ3) is 4.31. The van der Waals surface area contributed by atoms with Crippen LogP contribution >= 0.6 is 0 Å². The minimum atomic E-state index is -0.140. The minimum Gasteiger partial charge on any atom is -0.508 e. The third-order valence-electron chi connectivity index (χ3n) is 10.9. The van der Waals surface area contributed by atoms with Gasteiger partial charge in [0.2, 0.25) is 0 Å². The van der Waals surface area contributed by atoms with Crippen LogP contribution in [0, 0.1) is 11.8 Å². The second-order valence-electron chi connectivity index (χ2n) is 14.7. The van der Waals surface area contributed by atoms with Gasteiger partial charge in [0.05, 0.1) is 0 Å². The topological polar surface area (TPSA) is 40.5 Å². The van der Waals surface area contributed by atoms with Crippen LogP contribution in [0.25, 0.3) is 0 Å². The predicted octanol–water partition coefficient (Wildman–Crippen LogP) is 8.99. The van der Waals surface area contributed by atoms with Crippen molar-refractivity contribution in [1.82, 2.24) is 0 Å². The molecule has 0 heterocycles. The van der Waals surface area contributed by atoms with Crippen LogP contribution in [-0.4, -0.2) is 10.2 Å². The SMILES string of the molecule is CC1(C)CC2(CC(C)(C)c3cc(CC4CCCCC4)c(O)cc32)c2cc(O)c(CC3CCCCC3)cc21. The summed E-state index contributed by atoms with van der Waals surface area (Å²) in [6.45, 7) is 9.57. The molecule has 37 heavy (non-hydrogen) atoms. The summed E-state index contributed by atoms with van der Waals surface area (Å²) in [5, 5.41) is 22.7. The normalized spacial score (nSPS) is 24.3. The smallest absolute Gasteiger partial charge is 0.119 e. The molecule has 0 aliphatic heterocycles. The Bertz CT molecular complexity index is 1080. The van der Waals surface area contributed by atoms with Gasteiger partial charge in [0.25, 0.3) is 0 Å². The molecule has 6 rings (SSSR count). The van der Waals surface area contributed by atoms with Gasteiger partial charge in [-0.05, 0) is 93.9 Å². The molecule has 2 aromatic carbocycles. The Morgan fingerprint density at radius 2 is 0.946 bits per heavy atom. The highest BCUT2D eigenvalue weighted by molar-refractivity contribution is 5.63. The molecule has 0 bridgehead atoms. The first-order chi connectivity index (χ1) is 17.6. The molecule has 2 nitrogen and oxygen atoms in total. The predicted molar refractivity (Wildman–Crippen MR) is 153 cm³/mol. The van der Waals surface area contributed by atoms with E-state index in [9.17, 15) is 10.2 Å². The van der Waals surface area contributed by atoms with Crippen molar-refractivity contribution in [2.75, 3.05) is 0 Å². The zero-order valence-electron chi connectivity index (χ0n) is 23.8. The Morgan fingerprint density at radius 3 is 1.32 bits per heavy atom. The van der Waals surface area contributed by atoms with Crippen molar-refractivity contribution in [3.05, 3.63) is 57.6 Å². The lowest BCUT2D eigenvalue weighted by atomic mass is 9.72.